The van der Waals surface area contributed by atoms with Gasteiger partial charge in [-0.3, -0.25) is 4.90 Å². The number of nitrogens with zero attached hydrogens (tertiary/aromatic N) is 1. The van der Waals surface area contributed by atoms with Crippen LogP contribution in [0.25, 0.3) is 0 Å². The van der Waals surface area contributed by atoms with E-state index < -0.39 is 5.60 Å². The molecule has 21 heavy (non-hydrogen) atoms. The fraction of sp³-hybridized carbons (Fsp3) is 0.933. The number of thioether (sulfide) groups is 1. The highest BCUT2D eigenvalue weighted by atomic mass is 32.2. The number of nitrogens with one attached hydrogen (secondary N) is 1. The summed E-state index contributed by atoms with van der Waals surface area (Å²) in [6.07, 6.45) is 2.20. The minimum absolute atomic E-state index is 0.0724. The largest absolute Gasteiger partial charge is 0.444 e. The summed E-state index contributed by atoms with van der Waals surface area (Å²) in [5.74, 6) is 2.46. The van der Waals surface area contributed by atoms with Crippen molar-refractivity contribution in [1.82, 2.24) is 10.2 Å². The molecule has 0 radical (unpaired) electrons. The van der Waals surface area contributed by atoms with Gasteiger partial charge in [0.15, 0.2) is 0 Å². The Bertz CT molecular complexity index is 340. The molecule has 5 nitrogen and oxygen atoms in total. The Labute approximate surface area is 132 Å². The first kappa shape index (κ1) is 16.9. The molecule has 2 rings (SSSR count). The van der Waals surface area contributed by atoms with E-state index in [-0.39, 0.29) is 12.1 Å². The van der Waals surface area contributed by atoms with E-state index in [1.54, 1.807) is 0 Å². The van der Waals surface area contributed by atoms with E-state index in [0.29, 0.717) is 25.8 Å². The molecule has 1 unspecified atom stereocenters. The zero-order valence-electron chi connectivity index (χ0n) is 13.4. The molecular weight excluding hydrogens is 288 g/mol. The van der Waals surface area contributed by atoms with Crippen LogP contribution in [-0.4, -0.2) is 66.5 Å². The number of hydrogen-bond acceptors (Lipinski definition) is 5. The Hall–Kier alpha value is -0.460. The van der Waals surface area contributed by atoms with Crippen molar-refractivity contribution in [2.45, 2.75) is 51.3 Å². The maximum atomic E-state index is 12.3. The van der Waals surface area contributed by atoms with Crippen LogP contribution in [0.15, 0.2) is 0 Å². The van der Waals surface area contributed by atoms with E-state index in [1.807, 2.05) is 37.4 Å². The average molecular weight is 316 g/mol. The summed E-state index contributed by atoms with van der Waals surface area (Å²) in [5, 5.41) is 3.60. The molecule has 0 aliphatic carbocycles. The lowest BCUT2D eigenvalue weighted by Gasteiger charge is -2.37. The van der Waals surface area contributed by atoms with E-state index in [1.165, 1.54) is 24.3 Å². The van der Waals surface area contributed by atoms with Gasteiger partial charge in [-0.05, 0) is 45.1 Å². The second-order valence-corrected chi connectivity index (χ2v) is 7.92. The zero-order chi connectivity index (χ0) is 15.3. The molecule has 0 spiro atoms. The summed E-state index contributed by atoms with van der Waals surface area (Å²) in [6.45, 7) is 8.29. The summed E-state index contributed by atoms with van der Waals surface area (Å²) in [5.41, 5.74) is -0.450. The van der Waals surface area contributed by atoms with Crippen molar-refractivity contribution in [1.29, 1.82) is 0 Å². The van der Waals surface area contributed by atoms with Gasteiger partial charge in [-0.1, -0.05) is 0 Å². The summed E-state index contributed by atoms with van der Waals surface area (Å²) >= 11 is 2.02. The molecule has 0 saturated carbocycles. The average Bonchev–Trinajstić information content (AvgIpc) is 2.45. The summed E-state index contributed by atoms with van der Waals surface area (Å²) < 4.78 is 11.0. The van der Waals surface area contributed by atoms with Crippen LogP contribution in [0.4, 0.5) is 4.79 Å². The zero-order valence-corrected chi connectivity index (χ0v) is 14.2. The Morgan fingerprint density at radius 3 is 2.76 bits per heavy atom. The highest BCUT2D eigenvalue weighted by Crippen LogP contribution is 2.18. The number of hydrogen-bond donors (Lipinski definition) is 1. The van der Waals surface area contributed by atoms with E-state index >= 15 is 0 Å². The molecule has 1 amide bonds. The van der Waals surface area contributed by atoms with Crippen molar-refractivity contribution < 1.29 is 14.3 Å². The van der Waals surface area contributed by atoms with E-state index in [4.69, 9.17) is 9.47 Å². The topological polar surface area (TPSA) is 50.8 Å². The van der Waals surface area contributed by atoms with Crippen LogP contribution in [0.5, 0.6) is 0 Å². The molecule has 2 heterocycles. The molecular formula is C15H28N2O3S. The van der Waals surface area contributed by atoms with Gasteiger partial charge in [-0.15, -0.1) is 0 Å². The van der Waals surface area contributed by atoms with Gasteiger partial charge in [0.05, 0.1) is 19.3 Å². The molecule has 2 aliphatic rings. The highest BCUT2D eigenvalue weighted by Gasteiger charge is 2.31. The van der Waals surface area contributed by atoms with Gasteiger partial charge in [0.2, 0.25) is 0 Å². The van der Waals surface area contributed by atoms with Gasteiger partial charge >= 0.3 is 6.09 Å². The van der Waals surface area contributed by atoms with Gasteiger partial charge < -0.3 is 14.8 Å². The number of ether oxygens (including phenoxy) is 2. The predicted molar refractivity (Wildman–Crippen MR) is 85.9 cm³/mol. The van der Waals surface area contributed by atoms with Crippen LogP contribution < -0.4 is 5.32 Å². The first-order chi connectivity index (χ1) is 9.96. The van der Waals surface area contributed by atoms with Crippen molar-refractivity contribution in [2.24, 2.45) is 0 Å². The molecule has 2 saturated heterocycles. The van der Waals surface area contributed by atoms with E-state index in [9.17, 15) is 4.79 Å². The molecule has 6 heteroatoms. The van der Waals surface area contributed by atoms with Crippen molar-refractivity contribution in [3.8, 4) is 0 Å². The fourth-order valence-electron chi connectivity index (χ4n) is 2.59. The Kier molecular flexibility index (Phi) is 6.20. The molecule has 0 aromatic heterocycles. The highest BCUT2D eigenvalue weighted by molar-refractivity contribution is 7.99. The molecule has 1 N–H and O–H groups in total. The first-order valence-corrected chi connectivity index (χ1v) is 9.00. The van der Waals surface area contributed by atoms with E-state index in [2.05, 4.69) is 5.32 Å². The lowest BCUT2D eigenvalue weighted by atomic mass is 10.1. The summed E-state index contributed by atoms with van der Waals surface area (Å²) in [6, 6.07) is 0.650. The van der Waals surface area contributed by atoms with Crippen LogP contribution >= 0.6 is 11.8 Å². The smallest absolute Gasteiger partial charge is 0.410 e. The first-order valence-electron chi connectivity index (χ1n) is 7.84. The van der Waals surface area contributed by atoms with Crippen LogP contribution in [0, 0.1) is 0 Å². The maximum Gasteiger partial charge on any atom is 0.410 e. The molecule has 2 aliphatic heterocycles. The number of rotatable bonds is 3. The van der Waals surface area contributed by atoms with Crippen molar-refractivity contribution in [2.75, 3.05) is 37.8 Å². The number of carbonyl (C=O) groups is 1. The maximum absolute atomic E-state index is 12.3. The number of amides is 1. The lowest BCUT2D eigenvalue weighted by molar-refractivity contribution is -0.0322. The van der Waals surface area contributed by atoms with Gasteiger partial charge in [-0.25, -0.2) is 4.79 Å². The monoisotopic (exact) mass is 316 g/mol. The second-order valence-electron chi connectivity index (χ2n) is 6.70. The fourth-order valence-corrected chi connectivity index (χ4v) is 3.70. The van der Waals surface area contributed by atoms with Crippen LogP contribution in [0.1, 0.15) is 33.6 Å². The minimum atomic E-state index is -0.450. The summed E-state index contributed by atoms with van der Waals surface area (Å²) in [4.78, 5) is 14.1. The van der Waals surface area contributed by atoms with Crippen LogP contribution in [0.2, 0.25) is 0 Å². The molecule has 0 aromatic carbocycles. The van der Waals surface area contributed by atoms with Crippen LogP contribution in [0.3, 0.4) is 0 Å². The number of carbonyl (C=O) groups excluding carboxylic acids is 1. The third-order valence-corrected chi connectivity index (χ3v) is 4.77. The molecule has 122 valence electrons. The number of morpholine rings is 1. The normalized spacial score (nSPS) is 24.9. The second kappa shape index (κ2) is 7.70. The predicted octanol–water partition coefficient (Wildman–Crippen LogP) is 2.11. The molecule has 1 atom stereocenters. The molecule has 0 aromatic rings. The van der Waals surface area contributed by atoms with Gasteiger partial charge in [0, 0.05) is 19.1 Å². The third kappa shape index (κ3) is 5.68. The van der Waals surface area contributed by atoms with Gasteiger partial charge in [-0.2, -0.15) is 11.8 Å². The Morgan fingerprint density at radius 2 is 2.10 bits per heavy atom. The summed E-state index contributed by atoms with van der Waals surface area (Å²) in [7, 11) is 0. The SMILES string of the molecule is CC(C)(C)OC(=O)N1CCOCC1CNC1CCSCC1. The van der Waals surface area contributed by atoms with Crippen molar-refractivity contribution >= 4 is 17.9 Å². The van der Waals surface area contributed by atoms with Gasteiger partial charge in [0.25, 0.3) is 0 Å². The van der Waals surface area contributed by atoms with Crippen molar-refractivity contribution in [3.63, 3.8) is 0 Å². The van der Waals surface area contributed by atoms with Gasteiger partial charge in [0.1, 0.15) is 5.60 Å². The Morgan fingerprint density at radius 1 is 1.38 bits per heavy atom. The standard InChI is InChI=1S/C15H28N2O3S/c1-15(2,3)20-14(18)17-6-7-19-11-13(17)10-16-12-4-8-21-9-5-12/h12-13,16H,4-11H2,1-3H3. The minimum Gasteiger partial charge on any atom is -0.444 e. The lowest BCUT2D eigenvalue weighted by Crippen LogP contribution is -2.55. The Balaban J connectivity index is 1.84. The van der Waals surface area contributed by atoms with Crippen LogP contribution in [-0.2, 0) is 9.47 Å². The third-order valence-electron chi connectivity index (χ3n) is 3.72. The quantitative estimate of drug-likeness (QED) is 0.864. The molecule has 2 fully saturated rings. The van der Waals surface area contributed by atoms with E-state index in [0.717, 1.165) is 6.54 Å². The van der Waals surface area contributed by atoms with Crippen molar-refractivity contribution in [3.05, 3.63) is 0 Å². The molecule has 0 bridgehead atoms.